The van der Waals surface area contributed by atoms with E-state index in [0.717, 1.165) is 36.8 Å². The van der Waals surface area contributed by atoms with E-state index in [9.17, 15) is 9.59 Å². The first-order chi connectivity index (χ1) is 11.8. The number of hydrogen-bond donors (Lipinski definition) is 0. The van der Waals surface area contributed by atoms with Crippen molar-refractivity contribution in [1.82, 2.24) is 9.80 Å². The third kappa shape index (κ3) is 2.90. The second-order valence-corrected chi connectivity index (χ2v) is 8.49. The molecule has 0 N–H and O–H groups in total. The van der Waals surface area contributed by atoms with Gasteiger partial charge in [0.05, 0.1) is 0 Å². The van der Waals surface area contributed by atoms with Crippen LogP contribution in [0.25, 0.3) is 0 Å². The summed E-state index contributed by atoms with van der Waals surface area (Å²) >= 11 is 0. The molecule has 3 heterocycles. The Kier molecular flexibility index (Phi) is 3.78. The van der Waals surface area contributed by atoms with Crippen molar-refractivity contribution in [2.45, 2.75) is 76.7 Å². The van der Waals surface area contributed by atoms with Crippen molar-refractivity contribution < 1.29 is 14.3 Å². The maximum atomic E-state index is 12.8. The molecule has 2 amide bonds. The van der Waals surface area contributed by atoms with E-state index in [0.29, 0.717) is 6.54 Å². The molecule has 25 heavy (non-hydrogen) atoms. The molecule has 3 aliphatic heterocycles. The number of hydrogen-bond acceptors (Lipinski definition) is 3. The topological polar surface area (TPSA) is 49.9 Å². The van der Waals surface area contributed by atoms with Gasteiger partial charge in [-0.15, -0.1) is 0 Å². The van der Waals surface area contributed by atoms with E-state index in [-0.39, 0.29) is 30.1 Å². The average molecular weight is 342 g/mol. The Morgan fingerprint density at radius 1 is 1.08 bits per heavy atom. The second kappa shape index (κ2) is 5.75. The molecule has 3 atom stereocenters. The summed E-state index contributed by atoms with van der Waals surface area (Å²) in [7, 11) is 0. The van der Waals surface area contributed by atoms with E-state index >= 15 is 0 Å². The monoisotopic (exact) mass is 342 g/mol. The van der Waals surface area contributed by atoms with Crippen molar-refractivity contribution in [3.63, 3.8) is 0 Å². The SMILES string of the molecule is CC(C)(C)OC(=O)N1[C@@H]2CC[C@H]1C[C@@H](N1Cc3ccccc3C1=O)C2. The van der Waals surface area contributed by atoms with Gasteiger partial charge in [0.25, 0.3) is 5.91 Å². The predicted octanol–water partition coefficient (Wildman–Crippen LogP) is 3.57. The van der Waals surface area contributed by atoms with Crippen LogP contribution in [0.4, 0.5) is 4.79 Å². The molecule has 0 spiro atoms. The van der Waals surface area contributed by atoms with Crippen molar-refractivity contribution in [2.24, 2.45) is 0 Å². The Hall–Kier alpha value is -2.04. The predicted molar refractivity (Wildman–Crippen MR) is 94.2 cm³/mol. The minimum Gasteiger partial charge on any atom is -0.444 e. The number of fused-ring (bicyclic) bond motifs is 3. The molecular formula is C20H26N2O3. The van der Waals surface area contributed by atoms with Crippen molar-refractivity contribution in [1.29, 1.82) is 0 Å². The van der Waals surface area contributed by atoms with Gasteiger partial charge in [-0.1, -0.05) is 18.2 Å². The molecule has 5 nitrogen and oxygen atoms in total. The molecule has 4 rings (SSSR count). The number of carbonyl (C=O) groups is 2. The summed E-state index contributed by atoms with van der Waals surface area (Å²) in [6.07, 6.45) is 3.53. The first-order valence-electron chi connectivity index (χ1n) is 9.23. The minimum absolute atomic E-state index is 0.144. The smallest absolute Gasteiger partial charge is 0.410 e. The summed E-state index contributed by atoms with van der Waals surface area (Å²) in [4.78, 5) is 29.3. The van der Waals surface area contributed by atoms with Gasteiger partial charge in [-0.2, -0.15) is 0 Å². The number of amides is 2. The van der Waals surface area contributed by atoms with E-state index in [2.05, 4.69) is 0 Å². The van der Waals surface area contributed by atoms with Gasteiger partial charge in [-0.05, 0) is 58.1 Å². The van der Waals surface area contributed by atoms with Crippen LogP contribution in [0.15, 0.2) is 24.3 Å². The minimum atomic E-state index is -0.472. The fourth-order valence-corrected chi connectivity index (χ4v) is 4.59. The van der Waals surface area contributed by atoms with Crippen LogP contribution in [-0.2, 0) is 11.3 Å². The summed E-state index contributed by atoms with van der Waals surface area (Å²) in [6, 6.07) is 8.47. The van der Waals surface area contributed by atoms with E-state index in [4.69, 9.17) is 4.74 Å². The zero-order valence-electron chi connectivity index (χ0n) is 15.2. The number of rotatable bonds is 1. The molecule has 5 heteroatoms. The normalized spacial score (nSPS) is 28.3. The highest BCUT2D eigenvalue weighted by molar-refractivity contribution is 5.98. The molecule has 1 aromatic carbocycles. The maximum absolute atomic E-state index is 12.8. The summed E-state index contributed by atoms with van der Waals surface area (Å²) in [6.45, 7) is 6.41. The van der Waals surface area contributed by atoms with Crippen molar-refractivity contribution >= 4 is 12.0 Å². The fourth-order valence-electron chi connectivity index (χ4n) is 4.59. The second-order valence-electron chi connectivity index (χ2n) is 8.49. The highest BCUT2D eigenvalue weighted by atomic mass is 16.6. The Bertz CT molecular complexity index is 695. The van der Waals surface area contributed by atoms with Crippen molar-refractivity contribution in [3.8, 4) is 0 Å². The summed E-state index contributed by atoms with van der Waals surface area (Å²) < 4.78 is 5.60. The Morgan fingerprint density at radius 2 is 1.72 bits per heavy atom. The van der Waals surface area contributed by atoms with Crippen LogP contribution in [0.2, 0.25) is 0 Å². The first kappa shape index (κ1) is 16.4. The molecule has 134 valence electrons. The first-order valence-corrected chi connectivity index (χ1v) is 9.23. The molecule has 3 aliphatic rings. The summed E-state index contributed by atoms with van der Waals surface area (Å²) in [5, 5.41) is 0. The average Bonchev–Trinajstić information content (AvgIpc) is 3.01. The zero-order valence-corrected chi connectivity index (χ0v) is 15.2. The molecule has 0 aliphatic carbocycles. The van der Waals surface area contributed by atoms with E-state index in [1.807, 2.05) is 54.8 Å². The standard InChI is InChI=1S/C20H26N2O3/c1-20(2,3)25-19(24)22-14-8-9-15(22)11-16(10-14)21-12-13-6-4-5-7-17(13)18(21)23/h4-7,14-16H,8-12H2,1-3H3/t14-,15+,16+. The lowest BCUT2D eigenvalue weighted by Crippen LogP contribution is -2.53. The van der Waals surface area contributed by atoms with Crippen LogP contribution in [-0.4, -0.2) is 45.5 Å². The molecule has 2 bridgehead atoms. The van der Waals surface area contributed by atoms with Crippen LogP contribution in [0, 0.1) is 0 Å². The lowest BCUT2D eigenvalue weighted by Gasteiger charge is -2.42. The molecule has 2 saturated heterocycles. The number of benzene rings is 1. The Labute approximate surface area is 148 Å². The highest BCUT2D eigenvalue weighted by Crippen LogP contribution is 2.40. The highest BCUT2D eigenvalue weighted by Gasteiger charge is 2.47. The van der Waals surface area contributed by atoms with Gasteiger partial charge >= 0.3 is 6.09 Å². The van der Waals surface area contributed by atoms with Gasteiger partial charge in [-0.25, -0.2) is 4.79 Å². The molecule has 0 aromatic heterocycles. The van der Waals surface area contributed by atoms with Crippen molar-refractivity contribution in [3.05, 3.63) is 35.4 Å². The van der Waals surface area contributed by atoms with E-state index in [1.54, 1.807) is 0 Å². The Balaban J connectivity index is 1.48. The summed E-state index contributed by atoms with van der Waals surface area (Å²) in [5.74, 6) is 0.144. The third-order valence-electron chi connectivity index (χ3n) is 5.60. The molecule has 0 unspecified atom stereocenters. The van der Waals surface area contributed by atoms with Crippen LogP contribution < -0.4 is 0 Å². The van der Waals surface area contributed by atoms with E-state index < -0.39 is 5.60 Å². The van der Waals surface area contributed by atoms with Crippen LogP contribution in [0.1, 0.15) is 62.4 Å². The maximum Gasteiger partial charge on any atom is 0.410 e. The van der Waals surface area contributed by atoms with Gasteiger partial charge in [0.2, 0.25) is 0 Å². The summed E-state index contributed by atoms with van der Waals surface area (Å²) in [5.41, 5.74) is 1.48. The van der Waals surface area contributed by atoms with Gasteiger partial charge in [0, 0.05) is 30.2 Å². The number of ether oxygens (including phenoxy) is 1. The quantitative estimate of drug-likeness (QED) is 0.784. The number of nitrogens with zero attached hydrogens (tertiary/aromatic N) is 2. The molecule has 1 aromatic rings. The number of piperidine rings is 1. The lowest BCUT2D eigenvalue weighted by atomic mass is 9.96. The molecule has 0 radical (unpaired) electrons. The fraction of sp³-hybridized carbons (Fsp3) is 0.600. The van der Waals surface area contributed by atoms with Crippen LogP contribution >= 0.6 is 0 Å². The van der Waals surface area contributed by atoms with Gasteiger partial charge < -0.3 is 14.5 Å². The molecular weight excluding hydrogens is 316 g/mol. The molecule has 0 saturated carbocycles. The largest absolute Gasteiger partial charge is 0.444 e. The van der Waals surface area contributed by atoms with Crippen LogP contribution in [0.3, 0.4) is 0 Å². The third-order valence-corrected chi connectivity index (χ3v) is 5.60. The zero-order chi connectivity index (χ0) is 17.8. The van der Waals surface area contributed by atoms with Gasteiger partial charge in [0.1, 0.15) is 5.60 Å². The van der Waals surface area contributed by atoms with Gasteiger partial charge in [0.15, 0.2) is 0 Å². The van der Waals surface area contributed by atoms with Crippen molar-refractivity contribution in [2.75, 3.05) is 0 Å². The van der Waals surface area contributed by atoms with Gasteiger partial charge in [-0.3, -0.25) is 4.79 Å². The Morgan fingerprint density at radius 3 is 2.32 bits per heavy atom. The van der Waals surface area contributed by atoms with Crippen LogP contribution in [0.5, 0.6) is 0 Å². The molecule has 2 fully saturated rings. The van der Waals surface area contributed by atoms with E-state index in [1.165, 1.54) is 0 Å². The lowest BCUT2D eigenvalue weighted by molar-refractivity contribution is -0.00272. The number of carbonyl (C=O) groups excluding carboxylic acids is 2.